The van der Waals surface area contributed by atoms with Crippen molar-refractivity contribution in [1.82, 2.24) is 40.2 Å². The number of hydrogen-bond donors (Lipinski definition) is 1. The molecule has 6 heterocycles. The first-order valence-electron chi connectivity index (χ1n) is 25.1. The molecule has 0 spiro atoms. The molecule has 1 N–H and O–H groups in total. The van der Waals surface area contributed by atoms with Gasteiger partial charge in [-0.2, -0.15) is 20.4 Å². The van der Waals surface area contributed by atoms with Crippen molar-refractivity contribution in [2.75, 3.05) is 32.8 Å². The van der Waals surface area contributed by atoms with Crippen molar-refractivity contribution in [3.63, 3.8) is 0 Å². The number of amides is 2. The summed E-state index contributed by atoms with van der Waals surface area (Å²) in [5.74, 6) is -4.54. The Morgan fingerprint density at radius 3 is 1.53 bits per heavy atom. The second-order valence-electron chi connectivity index (χ2n) is 21.3. The van der Waals surface area contributed by atoms with Crippen LogP contribution in [0.5, 0.6) is 11.5 Å². The molecule has 17 nitrogen and oxygen atoms in total. The average Bonchev–Trinajstić information content (AvgIpc) is 3.97. The van der Waals surface area contributed by atoms with Crippen molar-refractivity contribution in [2.45, 2.75) is 161 Å². The number of pyridine rings is 2. The largest absolute Gasteiger partial charge is 0.490 e. The van der Waals surface area contributed by atoms with Crippen LogP contribution in [0.2, 0.25) is 0 Å². The smallest absolute Gasteiger partial charge is 0.410 e. The van der Waals surface area contributed by atoms with Crippen LogP contribution < -0.4 is 9.47 Å². The van der Waals surface area contributed by atoms with Crippen LogP contribution in [0, 0.1) is 21.3 Å². The Morgan fingerprint density at radius 2 is 1.12 bits per heavy atom. The molecule has 2 aliphatic carbocycles. The van der Waals surface area contributed by atoms with Gasteiger partial charge >= 0.3 is 12.2 Å². The van der Waals surface area contributed by atoms with Crippen LogP contribution in [0.1, 0.15) is 133 Å². The quantitative estimate of drug-likeness (QED) is 0.0708. The Labute approximate surface area is 463 Å². The molecule has 2 saturated carbocycles. The van der Waals surface area contributed by atoms with E-state index in [1.54, 1.807) is 73.0 Å². The van der Waals surface area contributed by atoms with Crippen LogP contribution >= 0.6 is 0 Å². The van der Waals surface area contributed by atoms with Gasteiger partial charge in [-0.3, -0.25) is 19.6 Å². The predicted molar refractivity (Wildman–Crippen MR) is 276 cm³/mol. The maximum Gasteiger partial charge on any atom is 0.410 e. The molecular formula is C55H73F4N8O9Pd-. The van der Waals surface area contributed by atoms with E-state index in [-0.39, 0.29) is 117 Å². The summed E-state index contributed by atoms with van der Waals surface area (Å²) in [7, 11) is 0. The molecule has 2 aliphatic heterocycles. The number of likely N-dealkylation sites (tertiary alicyclic amines) is 1. The van der Waals surface area contributed by atoms with E-state index in [0.29, 0.717) is 77.5 Å². The van der Waals surface area contributed by atoms with Crippen LogP contribution in [0.3, 0.4) is 0 Å². The fourth-order valence-electron chi connectivity index (χ4n) is 8.43. The zero-order valence-corrected chi connectivity index (χ0v) is 47.0. The van der Waals surface area contributed by atoms with Gasteiger partial charge in [0.2, 0.25) is 0 Å². The van der Waals surface area contributed by atoms with Gasteiger partial charge in [0.05, 0.1) is 53.5 Å². The van der Waals surface area contributed by atoms with Gasteiger partial charge in [-0.1, -0.05) is 6.08 Å². The molecular weight excluding hydrogens is 1100 g/mol. The Kier molecular flexibility index (Phi) is 22.3. The maximum absolute atomic E-state index is 13.1. The number of carbonyl (C=O) groups is 4. The van der Waals surface area contributed by atoms with Crippen molar-refractivity contribution in [1.29, 1.82) is 0 Å². The summed E-state index contributed by atoms with van der Waals surface area (Å²) in [5.41, 5.74) is 4.60. The molecule has 4 aliphatic rings. The van der Waals surface area contributed by atoms with Crippen molar-refractivity contribution in [3.05, 3.63) is 108 Å². The summed E-state index contributed by atoms with van der Waals surface area (Å²) in [4.78, 5) is 61.8. The monoisotopic (exact) mass is 1170 g/mol. The summed E-state index contributed by atoms with van der Waals surface area (Å²) in [6, 6.07) is 13.8. The summed E-state index contributed by atoms with van der Waals surface area (Å²) in [5, 5.41) is 24.5. The molecule has 4 aromatic heterocycles. The minimum absolute atomic E-state index is 0. The Hall–Kier alpha value is -5.98. The summed E-state index contributed by atoms with van der Waals surface area (Å²) >= 11 is 0. The molecule has 4 aromatic rings. The van der Waals surface area contributed by atoms with Gasteiger partial charge in [-0.05, 0) is 98.6 Å². The Bertz CT molecular complexity index is 2650. The zero-order chi connectivity index (χ0) is 54.9. The molecule has 0 aromatic carbocycles. The van der Waals surface area contributed by atoms with E-state index in [1.807, 2.05) is 53.7 Å². The predicted octanol–water partition coefficient (Wildman–Crippen LogP) is 9.47. The number of hydrogen-bond acceptors (Lipinski definition) is 15. The molecule has 426 valence electrons. The molecule has 8 rings (SSSR count). The summed E-state index contributed by atoms with van der Waals surface area (Å²) < 4.78 is 74.4. The van der Waals surface area contributed by atoms with E-state index < -0.39 is 35.3 Å². The number of ether oxygens (including phenoxy) is 4. The van der Waals surface area contributed by atoms with Gasteiger partial charge in [0.1, 0.15) is 46.5 Å². The van der Waals surface area contributed by atoms with Gasteiger partial charge in [0.15, 0.2) is 0 Å². The number of aliphatic hydroxyl groups is 1. The first-order valence-corrected chi connectivity index (χ1v) is 25.1. The second kappa shape index (κ2) is 27.1. The standard InChI is InChI=1S/C26H32F2N4O4.C26H30F2N4O4.C2H6O.CH3.Pd.H2/c2*1-16-9-21(35-22-13-26(27,28)14-22)12-19(29-16)11-20(33)10-18-5-6-23(31-30-18)17-7-8-32(15-17)24(34)36-25(2,3)4;1-2-3;;;/h5-6,9,12,17,22H,7-8,10-11,13-15H2,1-4H3;5-7,9,12,22H,8,10-11,13-15H2,1-4H3;3H,2H2,1H3;1H3;;1H/q;;;-1;;. The minimum atomic E-state index is -2.66. The fourth-order valence-corrected chi connectivity index (χ4v) is 8.43. The van der Waals surface area contributed by atoms with E-state index >= 15 is 0 Å². The topological polar surface area (TPSA) is 209 Å². The van der Waals surface area contributed by atoms with Gasteiger partial charge < -0.3 is 41.3 Å². The number of Topliss-reactive ketones (excluding diaryl/α,β-unsaturated/α-hetero) is 2. The van der Waals surface area contributed by atoms with Crippen LogP contribution in [0.4, 0.5) is 27.2 Å². The number of carbonyl (C=O) groups excluding carboxylic acids is 4. The molecule has 1 atom stereocenters. The van der Waals surface area contributed by atoms with E-state index in [1.165, 1.54) is 0 Å². The van der Waals surface area contributed by atoms with Crippen molar-refractivity contribution < 1.29 is 82.6 Å². The zero-order valence-electron chi connectivity index (χ0n) is 45.4. The third-order valence-corrected chi connectivity index (χ3v) is 11.8. The molecule has 77 heavy (non-hydrogen) atoms. The molecule has 2 amide bonds. The molecule has 1 unspecified atom stereocenters. The molecule has 0 bridgehead atoms. The molecule has 0 radical (unpaired) electrons. The fraction of sp³-hybridized carbons (Fsp3) is 0.545. The Balaban J connectivity index is 0.000000377. The van der Waals surface area contributed by atoms with E-state index in [4.69, 9.17) is 24.1 Å². The number of alkyl halides is 4. The summed E-state index contributed by atoms with van der Waals surface area (Å²) in [6.07, 6.45) is 0.0704. The first-order chi connectivity index (χ1) is 35.1. The molecule has 22 heteroatoms. The van der Waals surface area contributed by atoms with Crippen molar-refractivity contribution in [3.8, 4) is 11.5 Å². The maximum atomic E-state index is 13.1. The van der Waals surface area contributed by atoms with Crippen LogP contribution in [-0.2, 0) is 65.2 Å². The number of nitrogens with zero attached hydrogens (tertiary/aromatic N) is 8. The SMILES string of the molecule is CCO.Cc1cc(OC2CC(F)(F)C2)cc(CC(=O)Cc2ccc(C3=CCN(C(=O)OC(C)(C)C)C3)nn2)n1.Cc1cc(OC2CC(F)(F)C2)cc(CC(=O)Cc2ccc(C3CCN(C(=O)OC(C)(C)C)C3)nn2)n1.[CH3-].[HH].[Pd]. The number of aliphatic hydroxyl groups excluding tert-OH is 1. The summed E-state index contributed by atoms with van der Waals surface area (Å²) in [6.45, 7) is 18.4. The molecule has 3 fully saturated rings. The minimum Gasteiger partial charge on any atom is -0.490 e. The van der Waals surface area contributed by atoms with E-state index in [9.17, 15) is 36.7 Å². The molecule has 1 saturated heterocycles. The van der Waals surface area contributed by atoms with Gasteiger partial charge in [-0.15, -0.1) is 0 Å². The average molecular weight is 1170 g/mol. The number of halogens is 4. The van der Waals surface area contributed by atoms with Crippen molar-refractivity contribution in [2.24, 2.45) is 0 Å². The van der Waals surface area contributed by atoms with Crippen LogP contribution in [-0.4, -0.2) is 137 Å². The number of rotatable bonds is 14. The van der Waals surface area contributed by atoms with Gasteiger partial charge in [0, 0.05) is 128 Å². The second-order valence-corrected chi connectivity index (χ2v) is 21.3. The normalized spacial score (nSPS) is 17.5. The third kappa shape index (κ3) is 20.4. The Morgan fingerprint density at radius 1 is 0.675 bits per heavy atom. The van der Waals surface area contributed by atoms with E-state index in [2.05, 4.69) is 30.4 Å². The number of ketones is 2. The van der Waals surface area contributed by atoms with Crippen molar-refractivity contribution >= 4 is 29.3 Å². The first kappa shape index (κ1) is 63.6. The number of aromatic nitrogens is 6. The van der Waals surface area contributed by atoms with E-state index in [0.717, 1.165) is 17.7 Å². The third-order valence-electron chi connectivity index (χ3n) is 11.8. The van der Waals surface area contributed by atoms with Crippen LogP contribution in [0.25, 0.3) is 5.57 Å². The number of aryl methyl sites for hydroxylation is 2. The van der Waals surface area contributed by atoms with Crippen LogP contribution in [0.15, 0.2) is 54.6 Å². The van der Waals surface area contributed by atoms with Gasteiger partial charge in [-0.25, -0.2) is 27.2 Å². The van der Waals surface area contributed by atoms with Gasteiger partial charge in [0.25, 0.3) is 11.8 Å².